The molecule has 1 N–H and O–H groups in total. The second kappa shape index (κ2) is 5.97. The molecule has 0 bridgehead atoms. The summed E-state index contributed by atoms with van der Waals surface area (Å²) in [6.45, 7) is 7.32. The summed E-state index contributed by atoms with van der Waals surface area (Å²) >= 11 is 0. The van der Waals surface area contributed by atoms with Crippen LogP contribution in [0.15, 0.2) is 12.3 Å². The Kier molecular flexibility index (Phi) is 4.31. The number of hydrogen-bond acceptors (Lipinski definition) is 5. The maximum absolute atomic E-state index is 10.7. The molecule has 0 unspecified atom stereocenters. The molecular formula is C13H20N4O2. The first-order valence-electron chi connectivity index (χ1n) is 6.70. The highest BCUT2D eigenvalue weighted by Gasteiger charge is 2.19. The summed E-state index contributed by atoms with van der Waals surface area (Å²) in [6, 6.07) is 1.98. The summed E-state index contributed by atoms with van der Waals surface area (Å²) in [4.78, 5) is 16.8. The first kappa shape index (κ1) is 13.7. The molecule has 2 rings (SSSR count). The molecule has 0 radical (unpaired) electrons. The highest BCUT2D eigenvalue weighted by atomic mass is 16.6. The Bertz CT molecular complexity index is 456. The van der Waals surface area contributed by atoms with Crippen LogP contribution in [0, 0.1) is 17.0 Å². The molecule has 0 aromatic carbocycles. The fourth-order valence-electron chi connectivity index (χ4n) is 2.40. The number of hydrogen-bond donors (Lipinski definition) is 1. The second-order valence-corrected chi connectivity index (χ2v) is 4.97. The van der Waals surface area contributed by atoms with E-state index < -0.39 is 4.92 Å². The van der Waals surface area contributed by atoms with Crippen LogP contribution in [0.3, 0.4) is 0 Å². The number of piperidine rings is 1. The van der Waals surface area contributed by atoms with E-state index >= 15 is 0 Å². The van der Waals surface area contributed by atoms with Crippen molar-refractivity contribution < 1.29 is 4.92 Å². The monoisotopic (exact) mass is 264 g/mol. The maximum atomic E-state index is 10.7. The van der Waals surface area contributed by atoms with Gasteiger partial charge in [-0.25, -0.2) is 4.98 Å². The number of nitrogens with zero attached hydrogens (tertiary/aromatic N) is 3. The molecule has 0 spiro atoms. The standard InChI is InChI=1S/C13H20N4O2/c1-3-16-6-4-11(5-7-16)15-13-10(2)8-12(9-14-13)17(18)19/h8-9,11H,3-7H2,1-2H3,(H,14,15). The van der Waals surface area contributed by atoms with Crippen LogP contribution in [0.1, 0.15) is 25.3 Å². The van der Waals surface area contributed by atoms with Gasteiger partial charge in [-0.15, -0.1) is 0 Å². The van der Waals surface area contributed by atoms with Gasteiger partial charge in [0.05, 0.1) is 4.92 Å². The average molecular weight is 264 g/mol. The lowest BCUT2D eigenvalue weighted by Gasteiger charge is -2.31. The van der Waals surface area contributed by atoms with Gasteiger partial charge in [-0.2, -0.15) is 0 Å². The van der Waals surface area contributed by atoms with Gasteiger partial charge in [0.1, 0.15) is 12.0 Å². The smallest absolute Gasteiger partial charge is 0.287 e. The minimum Gasteiger partial charge on any atom is -0.367 e. The molecule has 0 amide bonds. The van der Waals surface area contributed by atoms with E-state index in [0.717, 1.165) is 43.9 Å². The quantitative estimate of drug-likeness (QED) is 0.666. The molecule has 0 atom stereocenters. The van der Waals surface area contributed by atoms with E-state index in [4.69, 9.17) is 0 Å². The molecular weight excluding hydrogens is 244 g/mol. The van der Waals surface area contributed by atoms with Crippen LogP contribution in [0.2, 0.25) is 0 Å². The van der Waals surface area contributed by atoms with E-state index in [1.807, 2.05) is 6.92 Å². The molecule has 6 nitrogen and oxygen atoms in total. The number of nitro groups is 1. The number of nitrogens with one attached hydrogen (secondary N) is 1. The minimum absolute atomic E-state index is 0.0452. The third kappa shape index (κ3) is 3.41. The topological polar surface area (TPSA) is 71.3 Å². The molecule has 19 heavy (non-hydrogen) atoms. The number of pyridine rings is 1. The zero-order valence-electron chi connectivity index (χ0n) is 11.4. The summed E-state index contributed by atoms with van der Waals surface area (Å²) in [5.74, 6) is 0.764. The van der Waals surface area contributed by atoms with Crippen LogP contribution in [0.5, 0.6) is 0 Å². The van der Waals surface area contributed by atoms with Crippen molar-refractivity contribution in [1.82, 2.24) is 9.88 Å². The Morgan fingerprint density at radius 1 is 1.53 bits per heavy atom. The molecule has 1 aromatic rings. The van der Waals surface area contributed by atoms with Crippen LogP contribution in [-0.2, 0) is 0 Å². The zero-order valence-corrected chi connectivity index (χ0v) is 11.4. The summed E-state index contributed by atoms with van der Waals surface area (Å²) in [6.07, 6.45) is 3.49. The number of anilines is 1. The SMILES string of the molecule is CCN1CCC(Nc2ncc([N+](=O)[O-])cc2C)CC1. The number of aromatic nitrogens is 1. The van der Waals surface area contributed by atoms with Gasteiger partial charge in [-0.3, -0.25) is 10.1 Å². The van der Waals surface area contributed by atoms with Gasteiger partial charge in [0, 0.05) is 25.2 Å². The fraction of sp³-hybridized carbons (Fsp3) is 0.615. The summed E-state index contributed by atoms with van der Waals surface area (Å²) < 4.78 is 0. The first-order valence-corrected chi connectivity index (χ1v) is 6.70. The molecule has 1 saturated heterocycles. The Morgan fingerprint density at radius 3 is 2.74 bits per heavy atom. The van der Waals surface area contributed by atoms with E-state index in [1.54, 1.807) is 6.07 Å². The van der Waals surface area contributed by atoms with Crippen molar-refractivity contribution in [3.63, 3.8) is 0 Å². The van der Waals surface area contributed by atoms with Crippen molar-refractivity contribution >= 4 is 11.5 Å². The van der Waals surface area contributed by atoms with Gasteiger partial charge in [0.15, 0.2) is 0 Å². The van der Waals surface area contributed by atoms with Crippen molar-refractivity contribution in [2.75, 3.05) is 25.0 Å². The molecule has 1 aromatic heterocycles. The third-order valence-corrected chi connectivity index (χ3v) is 3.65. The van der Waals surface area contributed by atoms with Crippen molar-refractivity contribution in [2.24, 2.45) is 0 Å². The van der Waals surface area contributed by atoms with Crippen LogP contribution in [0.4, 0.5) is 11.5 Å². The van der Waals surface area contributed by atoms with Gasteiger partial charge >= 0.3 is 0 Å². The first-order chi connectivity index (χ1) is 9.10. The van der Waals surface area contributed by atoms with Crippen LogP contribution in [-0.4, -0.2) is 40.5 Å². The van der Waals surface area contributed by atoms with Crippen LogP contribution >= 0.6 is 0 Å². The third-order valence-electron chi connectivity index (χ3n) is 3.65. The molecule has 1 aliphatic heterocycles. The Labute approximate surface area is 113 Å². The number of likely N-dealkylation sites (tertiary alicyclic amines) is 1. The van der Waals surface area contributed by atoms with Gasteiger partial charge in [-0.05, 0) is 31.9 Å². The van der Waals surface area contributed by atoms with Crippen molar-refractivity contribution in [2.45, 2.75) is 32.7 Å². The maximum Gasteiger partial charge on any atom is 0.287 e. The minimum atomic E-state index is -0.413. The number of aryl methyl sites for hydroxylation is 1. The fourth-order valence-corrected chi connectivity index (χ4v) is 2.40. The van der Waals surface area contributed by atoms with E-state index in [-0.39, 0.29) is 5.69 Å². The summed E-state index contributed by atoms with van der Waals surface area (Å²) in [5.41, 5.74) is 0.871. The molecule has 104 valence electrons. The molecule has 1 fully saturated rings. The molecule has 0 saturated carbocycles. The van der Waals surface area contributed by atoms with E-state index in [9.17, 15) is 10.1 Å². The summed E-state index contributed by atoms with van der Waals surface area (Å²) in [7, 11) is 0. The van der Waals surface area contributed by atoms with E-state index in [1.165, 1.54) is 6.20 Å². The average Bonchev–Trinajstić information content (AvgIpc) is 2.41. The molecule has 2 heterocycles. The van der Waals surface area contributed by atoms with Gasteiger partial charge < -0.3 is 10.2 Å². The van der Waals surface area contributed by atoms with Crippen molar-refractivity contribution in [3.05, 3.63) is 27.9 Å². The predicted molar refractivity (Wildman–Crippen MR) is 74.4 cm³/mol. The van der Waals surface area contributed by atoms with E-state index in [0.29, 0.717) is 6.04 Å². The van der Waals surface area contributed by atoms with Crippen molar-refractivity contribution in [1.29, 1.82) is 0 Å². The van der Waals surface area contributed by atoms with Gasteiger partial charge in [-0.1, -0.05) is 6.92 Å². The van der Waals surface area contributed by atoms with Crippen LogP contribution < -0.4 is 5.32 Å². The zero-order chi connectivity index (χ0) is 13.8. The molecule has 0 aliphatic carbocycles. The Balaban J connectivity index is 1.98. The predicted octanol–water partition coefficient (Wildman–Crippen LogP) is 2.19. The lowest BCUT2D eigenvalue weighted by Crippen LogP contribution is -2.39. The molecule has 1 aliphatic rings. The highest BCUT2D eigenvalue weighted by Crippen LogP contribution is 2.21. The Morgan fingerprint density at radius 2 is 2.21 bits per heavy atom. The highest BCUT2D eigenvalue weighted by molar-refractivity contribution is 5.48. The molecule has 6 heteroatoms. The Hall–Kier alpha value is -1.69. The van der Waals surface area contributed by atoms with Gasteiger partial charge in [0.25, 0.3) is 5.69 Å². The number of rotatable bonds is 4. The largest absolute Gasteiger partial charge is 0.367 e. The van der Waals surface area contributed by atoms with Crippen molar-refractivity contribution in [3.8, 4) is 0 Å². The second-order valence-electron chi connectivity index (χ2n) is 4.97. The summed E-state index contributed by atoms with van der Waals surface area (Å²) in [5, 5.41) is 14.1. The van der Waals surface area contributed by atoms with Crippen LogP contribution in [0.25, 0.3) is 0 Å². The normalized spacial score (nSPS) is 17.4. The van der Waals surface area contributed by atoms with E-state index in [2.05, 4.69) is 22.1 Å². The van der Waals surface area contributed by atoms with Gasteiger partial charge in [0.2, 0.25) is 0 Å². The lowest BCUT2D eigenvalue weighted by atomic mass is 10.0. The lowest BCUT2D eigenvalue weighted by molar-refractivity contribution is -0.385.